The highest BCUT2D eigenvalue weighted by atomic mass is 16.1. The Labute approximate surface area is 108 Å². The van der Waals surface area contributed by atoms with Crippen LogP contribution >= 0.6 is 0 Å². The number of nitrogens with zero attached hydrogens (tertiary/aromatic N) is 1. The molecule has 1 saturated heterocycles. The van der Waals surface area contributed by atoms with Crippen molar-refractivity contribution in [2.75, 3.05) is 19.6 Å². The summed E-state index contributed by atoms with van der Waals surface area (Å²) in [5.74, 6) is 0. The second-order valence-corrected chi connectivity index (χ2v) is 4.61. The number of carbonyl (C=O) groups is 1. The Morgan fingerprint density at radius 1 is 1.39 bits per heavy atom. The number of benzene rings is 1. The molecular weight excluding hydrogens is 224 g/mol. The molecule has 1 N–H and O–H groups in total. The van der Waals surface area contributed by atoms with E-state index < -0.39 is 0 Å². The molecule has 1 atom stereocenters. The van der Waals surface area contributed by atoms with Crippen molar-refractivity contribution in [3.05, 3.63) is 48.6 Å². The number of hydrogen-bond acceptors (Lipinski definition) is 3. The molecule has 0 unspecified atom stereocenters. The Hall–Kier alpha value is -1.45. The third-order valence-electron chi connectivity index (χ3n) is 3.59. The fourth-order valence-corrected chi connectivity index (χ4v) is 2.80. The van der Waals surface area contributed by atoms with E-state index in [1.165, 1.54) is 5.56 Å². The normalized spacial score (nSPS) is 24.0. The summed E-state index contributed by atoms with van der Waals surface area (Å²) in [7, 11) is 0. The van der Waals surface area contributed by atoms with Gasteiger partial charge >= 0.3 is 0 Å². The summed E-state index contributed by atoms with van der Waals surface area (Å²) >= 11 is 0. The van der Waals surface area contributed by atoms with Crippen LogP contribution in [0.2, 0.25) is 0 Å². The zero-order valence-corrected chi connectivity index (χ0v) is 10.6. The van der Waals surface area contributed by atoms with Crippen LogP contribution in [0.25, 0.3) is 0 Å². The molecule has 1 aromatic rings. The second kappa shape index (κ2) is 5.94. The SMILES string of the molecule is C=CCN[C@]1(c2ccccc2)CCCN1CC=O. The molecule has 0 radical (unpaired) electrons. The highest BCUT2D eigenvalue weighted by molar-refractivity contribution is 5.52. The van der Waals surface area contributed by atoms with Crippen LogP contribution in [0, 0.1) is 0 Å². The lowest BCUT2D eigenvalue weighted by molar-refractivity contribution is -0.110. The summed E-state index contributed by atoms with van der Waals surface area (Å²) in [6, 6.07) is 10.4. The highest BCUT2D eigenvalue weighted by Crippen LogP contribution is 2.35. The van der Waals surface area contributed by atoms with Crippen LogP contribution in [0.3, 0.4) is 0 Å². The predicted molar refractivity (Wildman–Crippen MR) is 73.2 cm³/mol. The van der Waals surface area contributed by atoms with Crippen LogP contribution in [0.1, 0.15) is 18.4 Å². The van der Waals surface area contributed by atoms with Gasteiger partial charge in [-0.2, -0.15) is 0 Å². The van der Waals surface area contributed by atoms with Crippen LogP contribution in [0.5, 0.6) is 0 Å². The van der Waals surface area contributed by atoms with Crippen molar-refractivity contribution in [3.8, 4) is 0 Å². The molecule has 1 heterocycles. The predicted octanol–water partition coefficient (Wildman–Crippen LogP) is 1.91. The van der Waals surface area contributed by atoms with Crippen molar-refractivity contribution >= 4 is 6.29 Å². The summed E-state index contributed by atoms with van der Waals surface area (Å²) in [4.78, 5) is 13.1. The smallest absolute Gasteiger partial charge is 0.134 e. The van der Waals surface area contributed by atoms with Gasteiger partial charge in [0.2, 0.25) is 0 Å². The molecular formula is C15H20N2O. The molecule has 1 fully saturated rings. The Bertz CT molecular complexity index is 404. The van der Waals surface area contributed by atoms with Crippen molar-refractivity contribution < 1.29 is 4.79 Å². The van der Waals surface area contributed by atoms with Gasteiger partial charge < -0.3 is 4.79 Å². The standard InChI is InChI=1S/C15H20N2O/c1-2-10-16-15(14-7-4-3-5-8-14)9-6-11-17(15)12-13-18/h2-5,7-8,13,16H,1,6,9-12H2/t15-/m1/s1. The average Bonchev–Trinajstić information content (AvgIpc) is 2.82. The van der Waals surface area contributed by atoms with Crippen LogP contribution in [-0.2, 0) is 10.5 Å². The zero-order valence-electron chi connectivity index (χ0n) is 10.6. The number of carbonyl (C=O) groups excluding carboxylic acids is 1. The number of rotatable bonds is 6. The third-order valence-corrected chi connectivity index (χ3v) is 3.59. The van der Waals surface area contributed by atoms with Gasteiger partial charge in [0.1, 0.15) is 6.29 Å². The van der Waals surface area contributed by atoms with E-state index in [9.17, 15) is 4.79 Å². The molecule has 3 nitrogen and oxygen atoms in total. The number of hydrogen-bond donors (Lipinski definition) is 1. The van der Waals surface area contributed by atoms with Crippen molar-refractivity contribution in [2.45, 2.75) is 18.5 Å². The van der Waals surface area contributed by atoms with Gasteiger partial charge in [0, 0.05) is 13.1 Å². The summed E-state index contributed by atoms with van der Waals surface area (Å²) in [5, 5.41) is 3.54. The highest BCUT2D eigenvalue weighted by Gasteiger charge is 2.41. The first kappa shape index (κ1) is 13.0. The van der Waals surface area contributed by atoms with E-state index in [-0.39, 0.29) is 5.66 Å². The number of likely N-dealkylation sites (tertiary alicyclic amines) is 1. The summed E-state index contributed by atoms with van der Waals surface area (Å²) in [6.07, 6.45) is 4.98. The zero-order chi connectivity index (χ0) is 12.8. The molecule has 0 spiro atoms. The molecule has 0 bridgehead atoms. The number of nitrogens with one attached hydrogen (secondary N) is 1. The molecule has 0 aromatic heterocycles. The fraction of sp³-hybridized carbons (Fsp3) is 0.400. The average molecular weight is 244 g/mol. The first-order chi connectivity index (χ1) is 8.83. The maximum Gasteiger partial charge on any atom is 0.134 e. The maximum absolute atomic E-state index is 10.9. The van der Waals surface area contributed by atoms with E-state index in [2.05, 4.69) is 28.9 Å². The fourth-order valence-electron chi connectivity index (χ4n) is 2.80. The van der Waals surface area contributed by atoms with Crippen molar-refractivity contribution in [1.29, 1.82) is 0 Å². The van der Waals surface area contributed by atoms with E-state index in [1.807, 2.05) is 24.3 Å². The van der Waals surface area contributed by atoms with Gasteiger partial charge in [-0.15, -0.1) is 6.58 Å². The van der Waals surface area contributed by atoms with Crippen molar-refractivity contribution in [2.24, 2.45) is 0 Å². The molecule has 0 amide bonds. The topological polar surface area (TPSA) is 32.3 Å². The van der Waals surface area contributed by atoms with Gasteiger partial charge in [0.25, 0.3) is 0 Å². The molecule has 0 aliphatic carbocycles. The van der Waals surface area contributed by atoms with Gasteiger partial charge in [0.05, 0.1) is 12.2 Å². The van der Waals surface area contributed by atoms with Crippen LogP contribution < -0.4 is 5.32 Å². The molecule has 96 valence electrons. The molecule has 2 rings (SSSR count). The quantitative estimate of drug-likeness (QED) is 0.613. The molecule has 0 saturated carbocycles. The molecule has 3 heteroatoms. The van der Waals surface area contributed by atoms with E-state index in [1.54, 1.807) is 0 Å². The van der Waals surface area contributed by atoms with Gasteiger partial charge in [-0.1, -0.05) is 36.4 Å². The van der Waals surface area contributed by atoms with Gasteiger partial charge in [-0.05, 0) is 18.4 Å². The molecule has 18 heavy (non-hydrogen) atoms. The minimum absolute atomic E-state index is 0.212. The maximum atomic E-state index is 10.9. The first-order valence-corrected chi connectivity index (χ1v) is 6.43. The molecule has 1 aliphatic rings. The Morgan fingerprint density at radius 2 is 2.17 bits per heavy atom. The Kier molecular flexibility index (Phi) is 4.28. The molecule has 1 aliphatic heterocycles. The minimum atomic E-state index is -0.212. The monoisotopic (exact) mass is 244 g/mol. The van der Waals surface area contributed by atoms with Crippen molar-refractivity contribution in [3.63, 3.8) is 0 Å². The largest absolute Gasteiger partial charge is 0.302 e. The summed E-state index contributed by atoms with van der Waals surface area (Å²) in [6.45, 7) is 5.93. The van der Waals surface area contributed by atoms with E-state index >= 15 is 0 Å². The van der Waals surface area contributed by atoms with Gasteiger partial charge in [0.15, 0.2) is 0 Å². The first-order valence-electron chi connectivity index (χ1n) is 6.43. The minimum Gasteiger partial charge on any atom is -0.302 e. The lowest BCUT2D eigenvalue weighted by atomic mass is 9.96. The molecule has 1 aromatic carbocycles. The van der Waals surface area contributed by atoms with Crippen molar-refractivity contribution in [1.82, 2.24) is 10.2 Å². The van der Waals surface area contributed by atoms with E-state index in [4.69, 9.17) is 0 Å². The van der Waals surface area contributed by atoms with Gasteiger partial charge in [-0.3, -0.25) is 10.2 Å². The lowest BCUT2D eigenvalue weighted by Gasteiger charge is -2.39. The van der Waals surface area contributed by atoms with E-state index in [0.29, 0.717) is 6.54 Å². The summed E-state index contributed by atoms with van der Waals surface area (Å²) in [5.41, 5.74) is 1.02. The summed E-state index contributed by atoms with van der Waals surface area (Å²) < 4.78 is 0. The third kappa shape index (κ3) is 2.37. The van der Waals surface area contributed by atoms with Crippen LogP contribution in [0.15, 0.2) is 43.0 Å². The van der Waals surface area contributed by atoms with Crippen LogP contribution in [0.4, 0.5) is 0 Å². The van der Waals surface area contributed by atoms with Gasteiger partial charge in [-0.25, -0.2) is 0 Å². The number of aldehydes is 1. The Balaban J connectivity index is 2.33. The Morgan fingerprint density at radius 3 is 2.83 bits per heavy atom. The van der Waals surface area contributed by atoms with E-state index in [0.717, 1.165) is 32.2 Å². The van der Waals surface area contributed by atoms with Crippen LogP contribution in [-0.4, -0.2) is 30.8 Å². The lowest BCUT2D eigenvalue weighted by Crippen LogP contribution is -2.53. The second-order valence-electron chi connectivity index (χ2n) is 4.61.